The van der Waals surface area contributed by atoms with E-state index in [9.17, 15) is 14.7 Å². The van der Waals surface area contributed by atoms with Gasteiger partial charge in [0.15, 0.2) is 0 Å². The third-order valence-corrected chi connectivity index (χ3v) is 5.42. The Morgan fingerprint density at radius 3 is 2.64 bits per heavy atom. The van der Waals surface area contributed by atoms with E-state index in [1.165, 1.54) is 0 Å². The largest absolute Gasteiger partial charge is 0.481 e. The van der Waals surface area contributed by atoms with Gasteiger partial charge in [0.2, 0.25) is 0 Å². The van der Waals surface area contributed by atoms with Crippen molar-refractivity contribution in [3.63, 3.8) is 0 Å². The van der Waals surface area contributed by atoms with E-state index in [0.717, 1.165) is 12.8 Å². The highest BCUT2D eigenvalue weighted by Crippen LogP contribution is 2.47. The minimum Gasteiger partial charge on any atom is -0.481 e. The molecule has 2 fully saturated rings. The van der Waals surface area contributed by atoms with Crippen LogP contribution in [0.5, 0.6) is 0 Å². The fourth-order valence-electron chi connectivity index (χ4n) is 4.02. The summed E-state index contributed by atoms with van der Waals surface area (Å²) < 4.78 is 5.60. The van der Waals surface area contributed by atoms with Crippen molar-refractivity contribution in [1.29, 1.82) is 0 Å². The highest BCUT2D eigenvalue weighted by molar-refractivity contribution is 5.89. The molecule has 0 aliphatic carbocycles. The van der Waals surface area contributed by atoms with E-state index in [-0.39, 0.29) is 6.04 Å². The Hall–Kier alpha value is -1.88. The van der Waals surface area contributed by atoms with E-state index in [2.05, 4.69) is 4.90 Å². The Kier molecular flexibility index (Phi) is 3.68. The number of ether oxygens (including phenoxy) is 1. The van der Waals surface area contributed by atoms with Gasteiger partial charge in [0, 0.05) is 18.0 Å². The van der Waals surface area contributed by atoms with E-state index in [0.29, 0.717) is 12.0 Å². The molecule has 22 heavy (non-hydrogen) atoms. The maximum absolute atomic E-state index is 12.3. The van der Waals surface area contributed by atoms with Crippen molar-refractivity contribution < 1.29 is 19.4 Å². The Morgan fingerprint density at radius 1 is 1.32 bits per heavy atom. The number of esters is 1. The monoisotopic (exact) mass is 303 g/mol. The highest BCUT2D eigenvalue weighted by Gasteiger charge is 2.57. The summed E-state index contributed by atoms with van der Waals surface area (Å²) in [7, 11) is 1.98. The number of hydrogen-bond donors (Lipinski definition) is 1. The lowest BCUT2D eigenvalue weighted by Crippen LogP contribution is -2.60. The Morgan fingerprint density at radius 2 is 2.00 bits per heavy atom. The molecular formula is C17H21NO4. The van der Waals surface area contributed by atoms with Gasteiger partial charge in [-0.25, -0.2) is 4.79 Å². The smallest absolute Gasteiger partial charge is 0.338 e. The molecule has 1 aromatic rings. The van der Waals surface area contributed by atoms with Crippen molar-refractivity contribution in [3.8, 4) is 0 Å². The molecule has 2 aliphatic rings. The predicted octanol–water partition coefficient (Wildman–Crippen LogP) is 2.17. The summed E-state index contributed by atoms with van der Waals surface area (Å²) in [5, 5.41) is 9.68. The summed E-state index contributed by atoms with van der Waals surface area (Å²) in [5.41, 5.74) is 0.0131. The zero-order chi connectivity index (χ0) is 15.9. The molecule has 0 saturated carbocycles. The first kappa shape index (κ1) is 15.0. The highest BCUT2D eigenvalue weighted by atomic mass is 16.5. The van der Waals surface area contributed by atoms with Crippen molar-refractivity contribution in [3.05, 3.63) is 35.9 Å². The molecule has 2 unspecified atom stereocenters. The number of carbonyl (C=O) groups is 2. The molecule has 0 spiro atoms. The topological polar surface area (TPSA) is 66.8 Å². The summed E-state index contributed by atoms with van der Waals surface area (Å²) in [5.74, 6) is -2.02. The second kappa shape index (κ2) is 5.39. The van der Waals surface area contributed by atoms with Crippen LogP contribution in [0.1, 0.15) is 36.5 Å². The minimum atomic E-state index is -0.888. The minimum absolute atomic E-state index is 0.286. The van der Waals surface area contributed by atoms with Gasteiger partial charge in [0.05, 0.1) is 5.56 Å². The van der Waals surface area contributed by atoms with Crippen LogP contribution in [-0.2, 0) is 9.53 Å². The van der Waals surface area contributed by atoms with E-state index >= 15 is 0 Å². The lowest BCUT2D eigenvalue weighted by atomic mass is 9.77. The maximum Gasteiger partial charge on any atom is 0.338 e. The van der Waals surface area contributed by atoms with Crippen LogP contribution in [0.25, 0.3) is 0 Å². The molecular weight excluding hydrogens is 282 g/mol. The molecule has 5 heteroatoms. The number of carboxylic acids is 1. The summed E-state index contributed by atoms with van der Waals surface area (Å²) in [6.07, 6.45) is 1.79. The second-order valence-electron chi connectivity index (χ2n) is 6.52. The molecule has 3 rings (SSSR count). The van der Waals surface area contributed by atoms with Gasteiger partial charge in [-0.1, -0.05) is 18.2 Å². The zero-order valence-electron chi connectivity index (χ0n) is 12.9. The van der Waals surface area contributed by atoms with Gasteiger partial charge in [0.25, 0.3) is 0 Å². The standard InChI is InChI=1S/C17H21NO4/c1-17-9-8-12(18(17)2)10-13(14(17)15(19)20)22-16(21)11-6-4-3-5-7-11/h3-7,12-14H,8-10H2,1-2H3,(H,19,20)/t12?,13-,14+,17?/m0/s1. The third kappa shape index (κ3) is 2.29. The van der Waals surface area contributed by atoms with Gasteiger partial charge in [-0.2, -0.15) is 0 Å². The second-order valence-corrected chi connectivity index (χ2v) is 6.52. The van der Waals surface area contributed by atoms with Crippen molar-refractivity contribution in [2.75, 3.05) is 7.05 Å². The normalized spacial score (nSPS) is 34.4. The van der Waals surface area contributed by atoms with Crippen molar-refractivity contribution >= 4 is 11.9 Å². The molecule has 4 atom stereocenters. The lowest BCUT2D eigenvalue weighted by Gasteiger charge is -2.47. The molecule has 5 nitrogen and oxygen atoms in total. The molecule has 2 heterocycles. The first-order valence-electron chi connectivity index (χ1n) is 7.65. The first-order valence-corrected chi connectivity index (χ1v) is 7.65. The van der Waals surface area contributed by atoms with Gasteiger partial charge in [-0.15, -0.1) is 0 Å². The average molecular weight is 303 g/mol. The number of piperidine rings is 1. The number of nitrogens with zero attached hydrogens (tertiary/aromatic N) is 1. The number of benzene rings is 1. The molecule has 0 aromatic heterocycles. The zero-order valence-corrected chi connectivity index (χ0v) is 12.9. The summed E-state index contributed by atoms with van der Waals surface area (Å²) in [6, 6.07) is 9.02. The van der Waals surface area contributed by atoms with Crippen LogP contribution in [-0.4, -0.2) is 46.7 Å². The van der Waals surface area contributed by atoms with Crippen molar-refractivity contribution in [1.82, 2.24) is 4.90 Å². The van der Waals surface area contributed by atoms with Gasteiger partial charge < -0.3 is 9.84 Å². The number of carbonyl (C=O) groups excluding carboxylic acids is 1. The molecule has 1 N–H and O–H groups in total. The van der Waals surface area contributed by atoms with E-state index < -0.39 is 29.5 Å². The van der Waals surface area contributed by atoms with Crippen LogP contribution in [0.3, 0.4) is 0 Å². The van der Waals surface area contributed by atoms with Gasteiger partial charge in [-0.05, 0) is 38.9 Å². The van der Waals surface area contributed by atoms with Crippen LogP contribution in [0.2, 0.25) is 0 Å². The number of fused-ring (bicyclic) bond motifs is 2. The first-order chi connectivity index (χ1) is 10.4. The quantitative estimate of drug-likeness (QED) is 0.867. The number of hydrogen-bond acceptors (Lipinski definition) is 4. The average Bonchev–Trinajstić information content (AvgIpc) is 2.68. The molecule has 2 bridgehead atoms. The molecule has 2 saturated heterocycles. The number of aliphatic carboxylic acids is 1. The molecule has 1 aromatic carbocycles. The van der Waals surface area contributed by atoms with Gasteiger partial charge >= 0.3 is 11.9 Å². The van der Waals surface area contributed by atoms with Gasteiger partial charge in [-0.3, -0.25) is 9.69 Å². The van der Waals surface area contributed by atoms with E-state index in [1.807, 2.05) is 20.0 Å². The van der Waals surface area contributed by atoms with Crippen LogP contribution in [0.15, 0.2) is 30.3 Å². The summed E-state index contributed by atoms with van der Waals surface area (Å²) in [4.78, 5) is 26.2. The van der Waals surface area contributed by atoms with Crippen LogP contribution >= 0.6 is 0 Å². The summed E-state index contributed by atoms with van der Waals surface area (Å²) >= 11 is 0. The third-order valence-electron chi connectivity index (χ3n) is 5.42. The number of carboxylic acid groups (broad SMARTS) is 1. The van der Waals surface area contributed by atoms with Crippen LogP contribution in [0.4, 0.5) is 0 Å². The van der Waals surface area contributed by atoms with Crippen LogP contribution < -0.4 is 0 Å². The Bertz CT molecular complexity index is 588. The Labute approximate surface area is 129 Å². The Balaban J connectivity index is 1.84. The molecule has 2 aliphatic heterocycles. The SMILES string of the molecule is CN1C2CCC1(C)[C@@H](C(=O)O)[C@@H](OC(=O)c1ccccc1)C2. The fourth-order valence-corrected chi connectivity index (χ4v) is 4.02. The maximum atomic E-state index is 12.3. The van der Waals surface area contributed by atoms with E-state index in [4.69, 9.17) is 4.74 Å². The van der Waals surface area contributed by atoms with Crippen molar-refractivity contribution in [2.45, 2.75) is 43.9 Å². The van der Waals surface area contributed by atoms with E-state index in [1.54, 1.807) is 24.3 Å². The van der Waals surface area contributed by atoms with Crippen molar-refractivity contribution in [2.24, 2.45) is 5.92 Å². The summed E-state index contributed by atoms with van der Waals surface area (Å²) in [6.45, 7) is 1.97. The number of rotatable bonds is 3. The predicted molar refractivity (Wildman–Crippen MR) is 80.6 cm³/mol. The lowest BCUT2D eigenvalue weighted by molar-refractivity contribution is -0.158. The molecule has 0 amide bonds. The fraction of sp³-hybridized carbons (Fsp3) is 0.529. The van der Waals surface area contributed by atoms with Gasteiger partial charge in [0.1, 0.15) is 12.0 Å². The molecule has 0 radical (unpaired) electrons. The van der Waals surface area contributed by atoms with Crippen LogP contribution in [0, 0.1) is 5.92 Å². The molecule has 118 valence electrons.